The highest BCUT2D eigenvalue weighted by Crippen LogP contribution is 2.55. The molecule has 3 nitrogen and oxygen atoms in total. The molecule has 2 N–H and O–H groups in total. The summed E-state index contributed by atoms with van der Waals surface area (Å²) in [5.41, 5.74) is 6.08. The molecule has 4 unspecified atom stereocenters. The summed E-state index contributed by atoms with van der Waals surface area (Å²) in [7, 11) is 0. The van der Waals surface area contributed by atoms with Gasteiger partial charge in [0.05, 0.1) is 0 Å². The molecule has 0 aromatic heterocycles. The normalized spacial score (nSPS) is 23.4. The largest absolute Gasteiger partial charge is 0.616 e. The number of benzene rings is 2. The Morgan fingerprint density at radius 1 is 0.429 bits per heavy atom. The lowest BCUT2D eigenvalue weighted by Crippen LogP contribution is -2.31. The molecule has 2 aliphatic rings. The Morgan fingerprint density at radius 3 is 0.839 bits per heavy atom. The van der Waals surface area contributed by atoms with Crippen LogP contribution in [0.2, 0.25) is 0 Å². The summed E-state index contributed by atoms with van der Waals surface area (Å²) >= 11 is -1.01. The molecule has 4 heteroatoms. The lowest BCUT2D eigenvalue weighted by Gasteiger charge is -2.38. The molecule has 0 saturated carbocycles. The number of rotatable bonds is 10. The highest BCUT2D eigenvalue weighted by atomic mass is 32.2. The third-order valence-corrected chi connectivity index (χ3v) is 15.3. The first-order valence-electron chi connectivity index (χ1n) is 22.1. The van der Waals surface area contributed by atoms with Crippen LogP contribution in [0.5, 0.6) is 11.5 Å². The van der Waals surface area contributed by atoms with E-state index in [0.717, 1.165) is 73.6 Å². The quantitative estimate of drug-likeness (QED) is 0.236. The third-order valence-electron chi connectivity index (χ3n) is 12.9. The minimum absolute atomic E-state index is 0.0907. The lowest BCUT2D eigenvalue weighted by molar-refractivity contribution is 0.266. The number of fused-ring (bicyclic) bond motifs is 2. The predicted octanol–water partition coefficient (Wildman–Crippen LogP) is 14.9. The van der Waals surface area contributed by atoms with Crippen LogP contribution in [0.25, 0.3) is 0 Å². The van der Waals surface area contributed by atoms with Gasteiger partial charge in [0.15, 0.2) is 0 Å². The maximum absolute atomic E-state index is 15.0. The van der Waals surface area contributed by atoms with Crippen molar-refractivity contribution in [3.63, 3.8) is 0 Å². The van der Waals surface area contributed by atoms with E-state index in [4.69, 9.17) is 0 Å². The van der Waals surface area contributed by atoms with Crippen molar-refractivity contribution in [2.75, 3.05) is 0 Å². The van der Waals surface area contributed by atoms with Crippen LogP contribution in [0.1, 0.15) is 235 Å². The molecule has 2 aromatic carbocycles. The van der Waals surface area contributed by atoms with Gasteiger partial charge in [0.1, 0.15) is 22.0 Å². The fraction of sp³-hybridized carbons (Fsp3) is 0.769. The zero-order chi connectivity index (χ0) is 43.0. The van der Waals surface area contributed by atoms with Crippen LogP contribution >= 0.6 is 0 Å². The van der Waals surface area contributed by atoms with Gasteiger partial charge in [-0.3, -0.25) is 0 Å². The van der Waals surface area contributed by atoms with Crippen molar-refractivity contribution in [2.24, 2.45) is 21.7 Å². The van der Waals surface area contributed by atoms with Crippen LogP contribution in [-0.4, -0.2) is 25.3 Å². The minimum Gasteiger partial charge on any atom is -0.616 e. The van der Waals surface area contributed by atoms with Gasteiger partial charge in [-0.2, -0.15) is 0 Å². The summed E-state index contributed by atoms with van der Waals surface area (Å²) in [5, 5.41) is 24.7. The fourth-order valence-corrected chi connectivity index (χ4v) is 14.9. The molecule has 2 bridgehead atoms. The topological polar surface area (TPSA) is 63.5 Å². The average Bonchev–Trinajstić information content (AvgIpc) is 3.23. The van der Waals surface area contributed by atoms with E-state index in [1.165, 1.54) is 11.1 Å². The molecule has 56 heavy (non-hydrogen) atoms. The van der Waals surface area contributed by atoms with E-state index < -0.39 is 11.2 Å². The molecular weight excluding hydrogens is 705 g/mol. The maximum Gasteiger partial charge on any atom is 0.123 e. The van der Waals surface area contributed by atoms with Gasteiger partial charge in [-0.15, -0.1) is 0 Å². The van der Waals surface area contributed by atoms with Crippen molar-refractivity contribution in [2.45, 2.75) is 234 Å². The Morgan fingerprint density at radius 2 is 0.643 bits per heavy atom. The summed E-state index contributed by atoms with van der Waals surface area (Å²) in [6.45, 7) is 45.9. The van der Waals surface area contributed by atoms with Crippen molar-refractivity contribution >= 4 is 11.2 Å². The van der Waals surface area contributed by atoms with Crippen molar-refractivity contribution < 1.29 is 14.8 Å². The maximum atomic E-state index is 15.0. The van der Waals surface area contributed by atoms with Crippen LogP contribution in [-0.2, 0) is 32.8 Å². The molecule has 2 aliphatic heterocycles. The van der Waals surface area contributed by atoms with Gasteiger partial charge >= 0.3 is 0 Å². The van der Waals surface area contributed by atoms with E-state index in [1.807, 2.05) is 0 Å². The first-order chi connectivity index (χ1) is 24.9. The number of hydrogen-bond acceptors (Lipinski definition) is 3. The zero-order valence-corrected chi connectivity index (χ0v) is 40.8. The molecule has 0 spiro atoms. The first-order valence-corrected chi connectivity index (χ1v) is 23.4. The smallest absolute Gasteiger partial charge is 0.123 e. The van der Waals surface area contributed by atoms with Gasteiger partial charge in [0, 0.05) is 46.9 Å². The summed E-state index contributed by atoms with van der Waals surface area (Å²) in [6.07, 6.45) is 7.64. The minimum atomic E-state index is -1.01. The average molecular weight is 791 g/mol. The van der Waals surface area contributed by atoms with E-state index in [9.17, 15) is 14.8 Å². The number of hydrogen-bond donors (Lipinski definition) is 2. The Balaban J connectivity index is 1.92. The van der Waals surface area contributed by atoms with Crippen molar-refractivity contribution in [3.8, 4) is 11.5 Å². The van der Waals surface area contributed by atoms with Crippen molar-refractivity contribution in [1.29, 1.82) is 0 Å². The first kappa shape index (κ1) is 47.0. The van der Waals surface area contributed by atoms with E-state index in [-0.39, 0.29) is 65.7 Å². The summed E-state index contributed by atoms with van der Waals surface area (Å²) in [4.78, 5) is 0. The van der Waals surface area contributed by atoms with Gasteiger partial charge in [-0.25, -0.2) is 0 Å². The van der Waals surface area contributed by atoms with Crippen molar-refractivity contribution in [1.82, 2.24) is 0 Å². The molecule has 0 amide bonds. The molecule has 2 fully saturated rings. The van der Waals surface area contributed by atoms with Gasteiger partial charge in [0.2, 0.25) is 0 Å². The monoisotopic (exact) mass is 791 g/mol. The van der Waals surface area contributed by atoms with Gasteiger partial charge in [-0.05, 0) is 104 Å². The number of phenolic OH excluding ortho intramolecular Hbond substituents is 2. The highest BCUT2D eigenvalue weighted by molar-refractivity contribution is 7.93. The summed E-state index contributed by atoms with van der Waals surface area (Å²) < 4.78 is 15.0. The standard InChI is InChI=1S/C52H86O3S/c1-45(2,3)29-49(13,14)37-25-33(26-38(43(37)53)50(15,16)30-46(4,5)6)35-21-22-36(42-24-23-41(35)56(42)55)34-27-39(51(17,18)31-47(7,8)9)44(54)40(28-34)52(19,20)32-48(10,11)12/h25-28,35-36,41-42,53-54H,21-24,29-32H2,1-20H3. The Labute approximate surface area is 349 Å². The molecule has 0 aliphatic carbocycles. The summed E-state index contributed by atoms with van der Waals surface area (Å²) in [5.74, 6) is 1.22. The Bertz CT molecular complexity index is 1470. The molecule has 2 heterocycles. The van der Waals surface area contributed by atoms with Gasteiger partial charge in [0.25, 0.3) is 0 Å². The van der Waals surface area contributed by atoms with E-state index in [0.29, 0.717) is 11.5 Å². The Kier molecular flexibility index (Phi) is 13.0. The SMILES string of the molecule is CC(C)(C)CC(C)(C)c1cc(C2CCC(c3cc(C(C)(C)CC(C)(C)C)c(O)c(C(C)(C)CC(C)(C)C)c3)C3CCC2[S+]3[O-])cc(C(C)(C)CC(C)(C)C)c1O. The predicted molar refractivity (Wildman–Crippen MR) is 244 cm³/mol. The van der Waals surface area contributed by atoms with Gasteiger partial charge < -0.3 is 14.8 Å². The second kappa shape index (κ2) is 15.4. The van der Waals surface area contributed by atoms with Crippen LogP contribution in [0.4, 0.5) is 0 Å². The molecule has 4 rings (SSSR count). The Hall–Kier alpha value is -1.65. The molecular formula is C52H86O3S. The molecule has 2 aromatic rings. The van der Waals surface area contributed by atoms with Crippen LogP contribution in [0.15, 0.2) is 24.3 Å². The van der Waals surface area contributed by atoms with Gasteiger partial charge in [-0.1, -0.05) is 163 Å². The van der Waals surface area contributed by atoms with Crippen LogP contribution in [0, 0.1) is 21.7 Å². The zero-order valence-electron chi connectivity index (χ0n) is 40.0. The third kappa shape index (κ3) is 10.9. The molecule has 4 atom stereocenters. The second-order valence-corrected chi connectivity index (χ2v) is 28.1. The lowest BCUT2D eigenvalue weighted by atomic mass is 9.66. The molecule has 0 radical (unpaired) electrons. The van der Waals surface area contributed by atoms with Crippen LogP contribution in [0.3, 0.4) is 0 Å². The van der Waals surface area contributed by atoms with Crippen LogP contribution < -0.4 is 0 Å². The molecule has 318 valence electrons. The number of phenols is 2. The summed E-state index contributed by atoms with van der Waals surface area (Å²) in [6, 6.07) is 9.31. The fourth-order valence-electron chi connectivity index (χ4n) is 12.5. The van der Waals surface area contributed by atoms with E-state index >= 15 is 0 Å². The number of aromatic hydroxyl groups is 2. The van der Waals surface area contributed by atoms with Crippen molar-refractivity contribution in [3.05, 3.63) is 57.6 Å². The second-order valence-electron chi connectivity index (χ2n) is 26.2. The molecule has 2 saturated heterocycles. The van der Waals surface area contributed by atoms with E-state index in [1.54, 1.807) is 0 Å². The highest BCUT2D eigenvalue weighted by Gasteiger charge is 2.51. The van der Waals surface area contributed by atoms with E-state index in [2.05, 4.69) is 163 Å².